The van der Waals surface area contributed by atoms with Crippen molar-refractivity contribution in [1.82, 2.24) is 10.6 Å². The van der Waals surface area contributed by atoms with Gasteiger partial charge in [0.15, 0.2) is 6.61 Å². The van der Waals surface area contributed by atoms with Crippen molar-refractivity contribution >= 4 is 17.9 Å². The quantitative estimate of drug-likeness (QED) is 0.559. The van der Waals surface area contributed by atoms with Crippen LogP contribution in [0.1, 0.15) is 32.3 Å². The summed E-state index contributed by atoms with van der Waals surface area (Å²) in [6.45, 7) is 5.41. The van der Waals surface area contributed by atoms with Crippen molar-refractivity contribution in [2.75, 3.05) is 13.2 Å². The number of benzene rings is 1. The number of nitrogens with one attached hydrogen (secondary N) is 2. The molecule has 2 N–H and O–H groups in total. The molecule has 0 atom stereocenters. The molecule has 1 aromatic rings. The Morgan fingerprint density at radius 1 is 1.12 bits per heavy atom. The number of carbonyl (C=O) groups excluding carboxylic acids is 3. The minimum Gasteiger partial charge on any atom is -0.494 e. The third kappa shape index (κ3) is 8.77. The molecule has 24 heavy (non-hydrogen) atoms. The summed E-state index contributed by atoms with van der Waals surface area (Å²) in [6, 6.07) is 6.90. The van der Waals surface area contributed by atoms with E-state index in [0.717, 1.165) is 11.3 Å². The van der Waals surface area contributed by atoms with Gasteiger partial charge in [0.05, 0.1) is 6.61 Å². The Kier molecular flexibility index (Phi) is 8.32. The lowest BCUT2D eigenvalue weighted by molar-refractivity contribution is -0.148. The SMILES string of the molecule is Cc1ccc(OCCCC(=O)OCC(=O)NC(=O)NC(C)C)cc1. The summed E-state index contributed by atoms with van der Waals surface area (Å²) in [4.78, 5) is 34.2. The zero-order valence-electron chi connectivity index (χ0n) is 14.3. The molecule has 0 aliphatic carbocycles. The first-order valence-electron chi connectivity index (χ1n) is 7.82. The van der Waals surface area contributed by atoms with E-state index in [0.29, 0.717) is 13.0 Å². The lowest BCUT2D eigenvalue weighted by Gasteiger charge is -2.09. The van der Waals surface area contributed by atoms with Crippen LogP contribution < -0.4 is 15.4 Å². The van der Waals surface area contributed by atoms with Crippen LogP contribution in [0, 0.1) is 6.92 Å². The standard InChI is InChI=1S/C17H24N2O5/c1-12(2)18-17(22)19-15(20)11-24-16(21)5-4-10-23-14-8-6-13(3)7-9-14/h6-9,12H,4-5,10-11H2,1-3H3,(H2,18,19,20,22). The Labute approximate surface area is 141 Å². The van der Waals surface area contributed by atoms with Crippen LogP contribution >= 0.6 is 0 Å². The van der Waals surface area contributed by atoms with Gasteiger partial charge in [-0.15, -0.1) is 0 Å². The molecule has 1 rings (SSSR count). The topological polar surface area (TPSA) is 93.7 Å². The van der Waals surface area contributed by atoms with Gasteiger partial charge in [0.1, 0.15) is 5.75 Å². The highest BCUT2D eigenvalue weighted by molar-refractivity contribution is 5.95. The number of esters is 1. The second-order valence-electron chi connectivity index (χ2n) is 5.60. The number of urea groups is 1. The van der Waals surface area contributed by atoms with Crippen LogP contribution in [0.2, 0.25) is 0 Å². The Morgan fingerprint density at radius 3 is 2.42 bits per heavy atom. The molecule has 0 aliphatic heterocycles. The van der Waals surface area contributed by atoms with Crippen LogP contribution in [0.15, 0.2) is 24.3 Å². The molecule has 0 unspecified atom stereocenters. The Hall–Kier alpha value is -2.57. The van der Waals surface area contributed by atoms with E-state index in [1.807, 2.05) is 31.2 Å². The smallest absolute Gasteiger partial charge is 0.321 e. The molecule has 0 saturated heterocycles. The molecule has 3 amide bonds. The van der Waals surface area contributed by atoms with Crippen molar-refractivity contribution in [2.45, 2.75) is 39.7 Å². The van der Waals surface area contributed by atoms with Crippen molar-refractivity contribution in [1.29, 1.82) is 0 Å². The van der Waals surface area contributed by atoms with E-state index >= 15 is 0 Å². The van der Waals surface area contributed by atoms with Crippen LogP contribution in [-0.4, -0.2) is 37.2 Å². The minimum atomic E-state index is -0.669. The van der Waals surface area contributed by atoms with Crippen LogP contribution in [0.5, 0.6) is 5.75 Å². The molecule has 0 heterocycles. The summed E-state index contributed by atoms with van der Waals surface area (Å²) < 4.78 is 10.3. The van der Waals surface area contributed by atoms with E-state index in [-0.39, 0.29) is 12.5 Å². The zero-order valence-corrected chi connectivity index (χ0v) is 14.3. The van der Waals surface area contributed by atoms with Crippen molar-refractivity contribution in [3.8, 4) is 5.75 Å². The number of amides is 3. The number of hydrogen-bond donors (Lipinski definition) is 2. The number of imide groups is 1. The van der Waals surface area contributed by atoms with Gasteiger partial charge in [0.25, 0.3) is 5.91 Å². The van der Waals surface area contributed by atoms with E-state index in [4.69, 9.17) is 9.47 Å². The first-order chi connectivity index (χ1) is 11.4. The minimum absolute atomic E-state index is 0.0890. The average Bonchev–Trinajstić information content (AvgIpc) is 2.50. The largest absolute Gasteiger partial charge is 0.494 e. The molecule has 0 saturated carbocycles. The molecule has 0 aromatic heterocycles. The fourth-order valence-corrected chi connectivity index (χ4v) is 1.72. The van der Waals surface area contributed by atoms with Gasteiger partial charge in [-0.2, -0.15) is 0 Å². The van der Waals surface area contributed by atoms with E-state index in [9.17, 15) is 14.4 Å². The summed E-state index contributed by atoms with van der Waals surface area (Å²) in [7, 11) is 0. The van der Waals surface area contributed by atoms with Gasteiger partial charge in [-0.05, 0) is 39.3 Å². The molecule has 0 bridgehead atoms. The molecular weight excluding hydrogens is 312 g/mol. The predicted octanol–water partition coefficient (Wildman–Crippen LogP) is 1.93. The summed E-state index contributed by atoms with van der Waals surface area (Å²) in [5.74, 6) is -0.441. The fraction of sp³-hybridized carbons (Fsp3) is 0.471. The normalized spacial score (nSPS) is 10.2. The Balaban J connectivity index is 2.12. The maximum atomic E-state index is 11.5. The van der Waals surface area contributed by atoms with Crippen LogP contribution in [-0.2, 0) is 14.3 Å². The van der Waals surface area contributed by atoms with E-state index < -0.39 is 24.5 Å². The van der Waals surface area contributed by atoms with E-state index in [2.05, 4.69) is 10.6 Å². The lowest BCUT2D eigenvalue weighted by atomic mass is 10.2. The van der Waals surface area contributed by atoms with E-state index in [1.165, 1.54) is 0 Å². The first kappa shape index (κ1) is 19.5. The van der Waals surface area contributed by atoms with Gasteiger partial charge < -0.3 is 14.8 Å². The molecule has 7 heteroatoms. The average molecular weight is 336 g/mol. The first-order valence-corrected chi connectivity index (χ1v) is 7.82. The summed E-state index contributed by atoms with van der Waals surface area (Å²) in [5, 5.41) is 4.56. The molecular formula is C17H24N2O5. The van der Waals surface area contributed by atoms with Gasteiger partial charge in [0, 0.05) is 12.5 Å². The van der Waals surface area contributed by atoms with Gasteiger partial charge in [-0.1, -0.05) is 17.7 Å². The third-order valence-electron chi connectivity index (χ3n) is 2.85. The monoisotopic (exact) mass is 336 g/mol. The fourth-order valence-electron chi connectivity index (χ4n) is 1.72. The van der Waals surface area contributed by atoms with Gasteiger partial charge >= 0.3 is 12.0 Å². The molecule has 132 valence electrons. The molecule has 0 radical (unpaired) electrons. The van der Waals surface area contributed by atoms with E-state index in [1.54, 1.807) is 13.8 Å². The molecule has 1 aromatic carbocycles. The Bertz CT molecular complexity index is 555. The highest BCUT2D eigenvalue weighted by atomic mass is 16.5. The number of ether oxygens (including phenoxy) is 2. The Morgan fingerprint density at radius 2 is 1.79 bits per heavy atom. The van der Waals surface area contributed by atoms with Crippen molar-refractivity contribution in [2.24, 2.45) is 0 Å². The van der Waals surface area contributed by atoms with Crippen LogP contribution in [0.3, 0.4) is 0 Å². The molecule has 0 fully saturated rings. The second kappa shape index (κ2) is 10.3. The van der Waals surface area contributed by atoms with Crippen molar-refractivity contribution < 1.29 is 23.9 Å². The zero-order chi connectivity index (χ0) is 17.9. The second-order valence-corrected chi connectivity index (χ2v) is 5.60. The predicted molar refractivity (Wildman–Crippen MR) is 88.7 cm³/mol. The molecule has 0 aliphatic rings. The third-order valence-corrected chi connectivity index (χ3v) is 2.85. The summed E-state index contributed by atoms with van der Waals surface area (Å²) in [6.07, 6.45) is 0.611. The number of aryl methyl sites for hydroxylation is 1. The molecule has 7 nitrogen and oxygen atoms in total. The number of rotatable bonds is 8. The summed E-state index contributed by atoms with van der Waals surface area (Å²) >= 11 is 0. The van der Waals surface area contributed by atoms with Crippen molar-refractivity contribution in [3.05, 3.63) is 29.8 Å². The highest BCUT2D eigenvalue weighted by Gasteiger charge is 2.11. The summed E-state index contributed by atoms with van der Waals surface area (Å²) in [5.41, 5.74) is 1.14. The van der Waals surface area contributed by atoms with Crippen LogP contribution in [0.25, 0.3) is 0 Å². The lowest BCUT2D eigenvalue weighted by Crippen LogP contribution is -2.44. The maximum absolute atomic E-state index is 11.5. The van der Waals surface area contributed by atoms with Gasteiger partial charge in [0.2, 0.25) is 0 Å². The van der Waals surface area contributed by atoms with Crippen molar-refractivity contribution in [3.63, 3.8) is 0 Å². The van der Waals surface area contributed by atoms with Gasteiger partial charge in [-0.3, -0.25) is 14.9 Å². The van der Waals surface area contributed by atoms with Crippen LogP contribution in [0.4, 0.5) is 4.79 Å². The van der Waals surface area contributed by atoms with Gasteiger partial charge in [-0.25, -0.2) is 4.79 Å². The highest BCUT2D eigenvalue weighted by Crippen LogP contribution is 2.11. The number of carbonyl (C=O) groups is 3. The molecule has 0 spiro atoms. The number of hydrogen-bond acceptors (Lipinski definition) is 5. The maximum Gasteiger partial charge on any atom is 0.321 e.